The van der Waals surface area contributed by atoms with Crippen molar-refractivity contribution in [3.63, 3.8) is 0 Å². The molecule has 32 heavy (non-hydrogen) atoms. The minimum Gasteiger partial charge on any atom is -0.342 e. The molecule has 3 amide bonds. The number of nitrogens with one attached hydrogen (secondary N) is 1. The molecular formula is C26H37N3O3. The van der Waals surface area contributed by atoms with E-state index in [4.69, 9.17) is 0 Å². The summed E-state index contributed by atoms with van der Waals surface area (Å²) in [7, 11) is 0. The van der Waals surface area contributed by atoms with Crippen molar-refractivity contribution in [2.75, 3.05) is 26.2 Å². The van der Waals surface area contributed by atoms with E-state index in [1.165, 1.54) is 0 Å². The molecule has 6 heteroatoms. The predicted octanol–water partition coefficient (Wildman–Crippen LogP) is 3.53. The zero-order valence-electron chi connectivity index (χ0n) is 19.4. The van der Waals surface area contributed by atoms with E-state index in [2.05, 4.69) is 5.32 Å². The Hall–Kier alpha value is -2.37. The molecule has 0 spiro atoms. The standard InChI is InChI=1S/C26H37N3O3/c1-19-9-11-21(12-10-19)24(30)27-23(26(32)28-15-5-2-6-16-28)20-13-17-29(18-14-20)25(31)22-7-3-4-8-22/h9-12,20,22-23H,2-8,13-18H2,1H3,(H,27,30). The zero-order chi connectivity index (χ0) is 22.5. The van der Waals surface area contributed by atoms with E-state index in [0.717, 1.165) is 76.4 Å². The molecule has 0 aromatic heterocycles. The lowest BCUT2D eigenvalue weighted by Crippen LogP contribution is -2.55. The summed E-state index contributed by atoms with van der Waals surface area (Å²) < 4.78 is 0. The number of carbonyl (C=O) groups excluding carboxylic acids is 3. The Morgan fingerprint density at radius 3 is 2.06 bits per heavy atom. The Bertz CT molecular complexity index is 802. The Balaban J connectivity index is 1.43. The fourth-order valence-electron chi connectivity index (χ4n) is 5.51. The van der Waals surface area contributed by atoms with Gasteiger partial charge in [-0.3, -0.25) is 14.4 Å². The van der Waals surface area contributed by atoms with Crippen LogP contribution in [0.4, 0.5) is 0 Å². The van der Waals surface area contributed by atoms with E-state index in [9.17, 15) is 14.4 Å². The van der Waals surface area contributed by atoms with Gasteiger partial charge in [0.25, 0.3) is 5.91 Å². The zero-order valence-corrected chi connectivity index (χ0v) is 19.4. The number of piperidine rings is 2. The first kappa shape index (κ1) is 22.8. The molecule has 2 heterocycles. The van der Waals surface area contributed by atoms with Crippen LogP contribution in [0.15, 0.2) is 24.3 Å². The largest absolute Gasteiger partial charge is 0.342 e. The molecule has 1 unspecified atom stereocenters. The van der Waals surface area contributed by atoms with Crippen LogP contribution in [0, 0.1) is 18.8 Å². The third-order valence-electron chi connectivity index (χ3n) is 7.56. The summed E-state index contributed by atoms with van der Waals surface area (Å²) in [5, 5.41) is 3.09. The lowest BCUT2D eigenvalue weighted by Gasteiger charge is -2.39. The molecule has 4 rings (SSSR count). The van der Waals surface area contributed by atoms with Gasteiger partial charge in [-0.15, -0.1) is 0 Å². The maximum Gasteiger partial charge on any atom is 0.251 e. The second-order valence-corrected chi connectivity index (χ2v) is 9.85. The van der Waals surface area contributed by atoms with Crippen LogP contribution in [-0.2, 0) is 9.59 Å². The monoisotopic (exact) mass is 439 g/mol. The van der Waals surface area contributed by atoms with Gasteiger partial charge in [0.15, 0.2) is 0 Å². The van der Waals surface area contributed by atoms with Crippen molar-refractivity contribution in [1.29, 1.82) is 0 Å². The van der Waals surface area contributed by atoms with Crippen LogP contribution in [0.25, 0.3) is 0 Å². The van der Waals surface area contributed by atoms with Crippen molar-refractivity contribution in [2.45, 2.75) is 70.8 Å². The quantitative estimate of drug-likeness (QED) is 0.763. The second-order valence-electron chi connectivity index (χ2n) is 9.85. The molecular weight excluding hydrogens is 402 g/mol. The van der Waals surface area contributed by atoms with Gasteiger partial charge in [0, 0.05) is 37.7 Å². The topological polar surface area (TPSA) is 69.7 Å². The van der Waals surface area contributed by atoms with Crippen molar-refractivity contribution >= 4 is 17.7 Å². The molecule has 1 aliphatic carbocycles. The first-order valence-corrected chi connectivity index (χ1v) is 12.5. The lowest BCUT2D eigenvalue weighted by molar-refractivity contribution is -0.138. The third-order valence-corrected chi connectivity index (χ3v) is 7.56. The average Bonchev–Trinajstić information content (AvgIpc) is 3.38. The second kappa shape index (κ2) is 10.5. The molecule has 1 aromatic carbocycles. The number of hydrogen-bond donors (Lipinski definition) is 1. The average molecular weight is 440 g/mol. The van der Waals surface area contributed by atoms with Crippen molar-refractivity contribution in [2.24, 2.45) is 11.8 Å². The number of amides is 3. The van der Waals surface area contributed by atoms with Crippen LogP contribution >= 0.6 is 0 Å². The van der Waals surface area contributed by atoms with Gasteiger partial charge in [0.1, 0.15) is 6.04 Å². The maximum absolute atomic E-state index is 13.5. The molecule has 1 saturated carbocycles. The Morgan fingerprint density at radius 2 is 1.44 bits per heavy atom. The fraction of sp³-hybridized carbons (Fsp3) is 0.654. The first-order valence-electron chi connectivity index (χ1n) is 12.5. The molecule has 2 saturated heterocycles. The summed E-state index contributed by atoms with van der Waals surface area (Å²) in [5.41, 5.74) is 1.68. The lowest BCUT2D eigenvalue weighted by atomic mass is 9.87. The summed E-state index contributed by atoms with van der Waals surface area (Å²) in [6, 6.07) is 6.95. The molecule has 174 valence electrons. The van der Waals surface area contributed by atoms with E-state index in [1.54, 1.807) is 0 Å². The summed E-state index contributed by atoms with van der Waals surface area (Å²) in [6.45, 7) is 4.91. The third kappa shape index (κ3) is 5.33. The number of likely N-dealkylation sites (tertiary alicyclic amines) is 2. The highest BCUT2D eigenvalue weighted by Crippen LogP contribution is 2.30. The Kier molecular flexibility index (Phi) is 7.48. The van der Waals surface area contributed by atoms with Crippen molar-refractivity contribution in [3.8, 4) is 0 Å². The highest BCUT2D eigenvalue weighted by Gasteiger charge is 2.37. The number of hydrogen-bond acceptors (Lipinski definition) is 3. The summed E-state index contributed by atoms with van der Waals surface area (Å²) >= 11 is 0. The number of rotatable bonds is 5. The van der Waals surface area contributed by atoms with Crippen molar-refractivity contribution in [3.05, 3.63) is 35.4 Å². The molecule has 2 aliphatic heterocycles. The molecule has 6 nitrogen and oxygen atoms in total. The highest BCUT2D eigenvalue weighted by atomic mass is 16.2. The van der Waals surface area contributed by atoms with Gasteiger partial charge < -0.3 is 15.1 Å². The van der Waals surface area contributed by atoms with Gasteiger partial charge >= 0.3 is 0 Å². The number of benzene rings is 1. The summed E-state index contributed by atoms with van der Waals surface area (Å²) in [5.74, 6) is 0.407. The summed E-state index contributed by atoms with van der Waals surface area (Å²) in [4.78, 5) is 43.2. The Labute approximate surface area is 191 Å². The number of aryl methyl sites for hydroxylation is 1. The van der Waals surface area contributed by atoms with Crippen LogP contribution in [0.1, 0.15) is 73.7 Å². The van der Waals surface area contributed by atoms with Gasteiger partial charge in [-0.2, -0.15) is 0 Å². The van der Waals surface area contributed by atoms with Crippen molar-refractivity contribution < 1.29 is 14.4 Å². The van der Waals surface area contributed by atoms with Crippen LogP contribution in [-0.4, -0.2) is 59.7 Å². The number of carbonyl (C=O) groups is 3. The minimum atomic E-state index is -0.523. The molecule has 3 aliphatic rings. The first-order chi connectivity index (χ1) is 15.5. The molecule has 1 atom stereocenters. The highest BCUT2D eigenvalue weighted by molar-refractivity contribution is 5.97. The summed E-state index contributed by atoms with van der Waals surface area (Å²) in [6.07, 6.45) is 9.08. The van der Waals surface area contributed by atoms with Gasteiger partial charge in [0.2, 0.25) is 11.8 Å². The van der Waals surface area contributed by atoms with Crippen LogP contribution < -0.4 is 5.32 Å². The van der Waals surface area contributed by atoms with Gasteiger partial charge in [0.05, 0.1) is 0 Å². The normalized spacial score (nSPS) is 21.4. The Morgan fingerprint density at radius 1 is 0.812 bits per heavy atom. The van der Waals surface area contributed by atoms with Crippen LogP contribution in [0.2, 0.25) is 0 Å². The van der Waals surface area contributed by atoms with E-state index >= 15 is 0 Å². The van der Waals surface area contributed by atoms with Crippen LogP contribution in [0.5, 0.6) is 0 Å². The molecule has 1 N–H and O–H groups in total. The van der Waals surface area contributed by atoms with E-state index < -0.39 is 6.04 Å². The molecule has 3 fully saturated rings. The van der Waals surface area contributed by atoms with Gasteiger partial charge in [-0.25, -0.2) is 0 Å². The fourth-order valence-corrected chi connectivity index (χ4v) is 5.51. The molecule has 0 bridgehead atoms. The van der Waals surface area contributed by atoms with Crippen LogP contribution in [0.3, 0.4) is 0 Å². The molecule has 0 radical (unpaired) electrons. The van der Waals surface area contributed by atoms with E-state index in [0.29, 0.717) is 24.6 Å². The van der Waals surface area contributed by atoms with E-state index in [1.807, 2.05) is 41.0 Å². The number of nitrogens with zero attached hydrogens (tertiary/aromatic N) is 2. The maximum atomic E-state index is 13.5. The SMILES string of the molecule is Cc1ccc(C(=O)NC(C(=O)N2CCCCC2)C2CCN(C(=O)C3CCCC3)CC2)cc1. The smallest absolute Gasteiger partial charge is 0.251 e. The minimum absolute atomic E-state index is 0.0470. The predicted molar refractivity (Wildman–Crippen MR) is 124 cm³/mol. The van der Waals surface area contributed by atoms with E-state index in [-0.39, 0.29) is 23.7 Å². The van der Waals surface area contributed by atoms with Crippen molar-refractivity contribution in [1.82, 2.24) is 15.1 Å². The molecule has 1 aromatic rings. The van der Waals surface area contributed by atoms with Gasteiger partial charge in [-0.05, 0) is 69.9 Å². The van der Waals surface area contributed by atoms with Gasteiger partial charge in [-0.1, -0.05) is 30.5 Å².